The van der Waals surface area contributed by atoms with Gasteiger partial charge in [-0.3, -0.25) is 4.79 Å². The standard InChI is InChI=1S/C14H20N2O4S/c15-21(18,19)11-13-8-14(17)16(9-13)6-7-20-10-12-4-2-1-3-5-12/h1-5,13H,6-11H2,(H2,15,18,19). The Balaban J connectivity index is 1.70. The average Bonchev–Trinajstić information content (AvgIpc) is 2.74. The number of primary sulfonamides is 1. The third kappa shape index (κ3) is 5.45. The first kappa shape index (κ1) is 15.9. The van der Waals surface area contributed by atoms with E-state index >= 15 is 0 Å². The van der Waals surface area contributed by atoms with Gasteiger partial charge < -0.3 is 9.64 Å². The fraction of sp³-hybridized carbons (Fsp3) is 0.500. The summed E-state index contributed by atoms with van der Waals surface area (Å²) < 4.78 is 27.6. The molecule has 1 aliphatic heterocycles. The van der Waals surface area contributed by atoms with E-state index in [-0.39, 0.29) is 24.0 Å². The summed E-state index contributed by atoms with van der Waals surface area (Å²) in [6, 6.07) is 9.78. The molecule has 2 N–H and O–H groups in total. The first-order chi connectivity index (χ1) is 9.94. The Bertz CT molecular complexity index is 574. The third-order valence-corrected chi connectivity index (χ3v) is 4.32. The number of ether oxygens (including phenoxy) is 1. The Morgan fingerprint density at radius 3 is 2.67 bits per heavy atom. The molecule has 1 heterocycles. The molecule has 1 unspecified atom stereocenters. The smallest absolute Gasteiger partial charge is 0.223 e. The molecule has 1 aromatic carbocycles. The van der Waals surface area contributed by atoms with E-state index in [9.17, 15) is 13.2 Å². The van der Waals surface area contributed by atoms with Gasteiger partial charge in [-0.15, -0.1) is 0 Å². The first-order valence-electron chi connectivity index (χ1n) is 6.84. The fourth-order valence-electron chi connectivity index (χ4n) is 2.45. The minimum absolute atomic E-state index is 0.0352. The number of likely N-dealkylation sites (tertiary alicyclic amines) is 1. The van der Waals surface area contributed by atoms with Gasteiger partial charge in [0.15, 0.2) is 0 Å². The van der Waals surface area contributed by atoms with Crippen molar-refractivity contribution in [3.63, 3.8) is 0 Å². The number of nitrogens with zero attached hydrogens (tertiary/aromatic N) is 1. The number of amides is 1. The van der Waals surface area contributed by atoms with Crippen LogP contribution in [0, 0.1) is 5.92 Å². The Morgan fingerprint density at radius 1 is 1.29 bits per heavy atom. The number of hydrogen-bond donors (Lipinski definition) is 1. The second kappa shape index (κ2) is 7.02. The second-order valence-electron chi connectivity index (χ2n) is 5.28. The highest BCUT2D eigenvalue weighted by Gasteiger charge is 2.31. The van der Waals surface area contributed by atoms with Crippen molar-refractivity contribution in [2.24, 2.45) is 11.1 Å². The van der Waals surface area contributed by atoms with Crippen LogP contribution in [0.5, 0.6) is 0 Å². The topological polar surface area (TPSA) is 89.7 Å². The summed E-state index contributed by atoms with van der Waals surface area (Å²) in [4.78, 5) is 13.4. The van der Waals surface area contributed by atoms with Crippen LogP contribution in [0.4, 0.5) is 0 Å². The van der Waals surface area contributed by atoms with E-state index in [2.05, 4.69) is 0 Å². The molecule has 21 heavy (non-hydrogen) atoms. The molecule has 1 aromatic rings. The van der Waals surface area contributed by atoms with Gasteiger partial charge in [-0.25, -0.2) is 13.6 Å². The molecule has 0 spiro atoms. The number of hydrogen-bond acceptors (Lipinski definition) is 4. The van der Waals surface area contributed by atoms with Gasteiger partial charge in [-0.2, -0.15) is 0 Å². The number of carbonyl (C=O) groups excluding carboxylic acids is 1. The van der Waals surface area contributed by atoms with Crippen LogP contribution in [0.15, 0.2) is 30.3 Å². The predicted octanol–water partition coefficient (Wildman–Crippen LogP) is 0.340. The maximum absolute atomic E-state index is 11.8. The molecular weight excluding hydrogens is 292 g/mol. The van der Waals surface area contributed by atoms with Gasteiger partial charge in [-0.05, 0) is 5.56 Å². The van der Waals surface area contributed by atoms with Crippen LogP contribution in [0.2, 0.25) is 0 Å². The van der Waals surface area contributed by atoms with Crippen molar-refractivity contribution < 1.29 is 17.9 Å². The molecule has 0 bridgehead atoms. The maximum Gasteiger partial charge on any atom is 0.223 e. The van der Waals surface area contributed by atoms with Crippen LogP contribution < -0.4 is 5.14 Å². The van der Waals surface area contributed by atoms with Gasteiger partial charge in [0.2, 0.25) is 15.9 Å². The van der Waals surface area contributed by atoms with E-state index in [1.807, 2.05) is 30.3 Å². The van der Waals surface area contributed by atoms with Crippen molar-refractivity contribution >= 4 is 15.9 Å². The molecule has 0 saturated carbocycles. The maximum atomic E-state index is 11.8. The summed E-state index contributed by atoms with van der Waals surface area (Å²) in [6.07, 6.45) is 0.245. The minimum Gasteiger partial charge on any atom is -0.375 e. The molecule has 0 aliphatic carbocycles. The van der Waals surface area contributed by atoms with Crippen molar-refractivity contribution in [2.45, 2.75) is 13.0 Å². The summed E-state index contributed by atoms with van der Waals surface area (Å²) in [7, 11) is -3.53. The van der Waals surface area contributed by atoms with Gasteiger partial charge in [0.1, 0.15) is 0 Å². The SMILES string of the molecule is NS(=O)(=O)CC1CC(=O)N(CCOCc2ccccc2)C1. The van der Waals surface area contributed by atoms with Crippen LogP contribution in [-0.2, 0) is 26.2 Å². The summed E-state index contributed by atoms with van der Waals surface area (Å²) in [5.74, 6) is -0.381. The van der Waals surface area contributed by atoms with Gasteiger partial charge in [0, 0.05) is 25.4 Å². The molecular formula is C14H20N2O4S. The van der Waals surface area contributed by atoms with Gasteiger partial charge in [-0.1, -0.05) is 30.3 Å². The summed E-state index contributed by atoms with van der Waals surface area (Å²) in [5.41, 5.74) is 1.08. The van der Waals surface area contributed by atoms with E-state index in [4.69, 9.17) is 9.88 Å². The minimum atomic E-state index is -3.53. The van der Waals surface area contributed by atoms with Crippen molar-refractivity contribution in [3.05, 3.63) is 35.9 Å². The van der Waals surface area contributed by atoms with Crippen molar-refractivity contribution in [1.82, 2.24) is 4.90 Å². The van der Waals surface area contributed by atoms with E-state index in [0.717, 1.165) is 5.56 Å². The zero-order valence-electron chi connectivity index (χ0n) is 11.8. The van der Waals surface area contributed by atoms with Crippen LogP contribution in [0.25, 0.3) is 0 Å². The third-order valence-electron chi connectivity index (χ3n) is 3.38. The monoisotopic (exact) mass is 312 g/mol. The van der Waals surface area contributed by atoms with E-state index in [1.165, 1.54) is 0 Å². The van der Waals surface area contributed by atoms with Gasteiger partial charge in [0.05, 0.1) is 19.0 Å². The van der Waals surface area contributed by atoms with E-state index in [1.54, 1.807) is 4.90 Å². The lowest BCUT2D eigenvalue weighted by Gasteiger charge is -2.16. The predicted molar refractivity (Wildman–Crippen MR) is 78.8 cm³/mol. The van der Waals surface area contributed by atoms with Crippen molar-refractivity contribution in [3.8, 4) is 0 Å². The lowest BCUT2D eigenvalue weighted by atomic mass is 10.1. The van der Waals surface area contributed by atoms with Gasteiger partial charge >= 0.3 is 0 Å². The molecule has 0 radical (unpaired) electrons. The molecule has 1 aliphatic rings. The normalized spacial score (nSPS) is 19.2. The zero-order chi connectivity index (χ0) is 15.3. The average molecular weight is 312 g/mol. The highest BCUT2D eigenvalue weighted by Crippen LogP contribution is 2.18. The molecule has 0 aromatic heterocycles. The van der Waals surface area contributed by atoms with Gasteiger partial charge in [0.25, 0.3) is 0 Å². The Labute approximate surface area is 124 Å². The molecule has 6 nitrogen and oxygen atoms in total. The van der Waals surface area contributed by atoms with Crippen LogP contribution >= 0.6 is 0 Å². The number of sulfonamides is 1. The molecule has 1 fully saturated rings. The Hall–Kier alpha value is -1.44. The second-order valence-corrected chi connectivity index (χ2v) is 6.94. The number of benzene rings is 1. The zero-order valence-corrected chi connectivity index (χ0v) is 12.6. The highest BCUT2D eigenvalue weighted by molar-refractivity contribution is 7.89. The Morgan fingerprint density at radius 2 is 2.00 bits per heavy atom. The van der Waals surface area contributed by atoms with Crippen molar-refractivity contribution in [2.75, 3.05) is 25.4 Å². The van der Waals surface area contributed by atoms with Crippen LogP contribution in [-0.4, -0.2) is 44.7 Å². The van der Waals surface area contributed by atoms with Crippen LogP contribution in [0.1, 0.15) is 12.0 Å². The lowest BCUT2D eigenvalue weighted by Crippen LogP contribution is -2.30. The molecule has 1 atom stereocenters. The fourth-order valence-corrected chi connectivity index (χ4v) is 3.33. The summed E-state index contributed by atoms with van der Waals surface area (Å²) in [5, 5.41) is 5.01. The molecule has 1 amide bonds. The Kier molecular flexibility index (Phi) is 5.33. The molecule has 7 heteroatoms. The molecule has 116 valence electrons. The van der Waals surface area contributed by atoms with Crippen LogP contribution in [0.3, 0.4) is 0 Å². The van der Waals surface area contributed by atoms with Crippen molar-refractivity contribution in [1.29, 1.82) is 0 Å². The first-order valence-corrected chi connectivity index (χ1v) is 8.55. The lowest BCUT2D eigenvalue weighted by molar-refractivity contribution is -0.128. The molecule has 2 rings (SSSR count). The number of nitrogens with two attached hydrogens (primary N) is 1. The summed E-state index contributed by atoms with van der Waals surface area (Å²) in [6.45, 7) is 1.85. The summed E-state index contributed by atoms with van der Waals surface area (Å²) >= 11 is 0. The number of carbonyl (C=O) groups is 1. The highest BCUT2D eigenvalue weighted by atomic mass is 32.2. The quantitative estimate of drug-likeness (QED) is 0.735. The largest absolute Gasteiger partial charge is 0.375 e. The van der Waals surface area contributed by atoms with E-state index in [0.29, 0.717) is 26.3 Å². The van der Waals surface area contributed by atoms with E-state index < -0.39 is 10.0 Å². The number of rotatable bonds is 7. The molecule has 1 saturated heterocycles.